The van der Waals surface area contributed by atoms with Gasteiger partial charge in [0.25, 0.3) is 5.91 Å². The molecule has 0 heterocycles. The fourth-order valence-corrected chi connectivity index (χ4v) is 1.95. The first-order chi connectivity index (χ1) is 9.69. The van der Waals surface area contributed by atoms with Crippen molar-refractivity contribution >= 4 is 5.91 Å². The molecule has 0 radical (unpaired) electrons. The molecule has 0 aliphatic carbocycles. The number of carbonyl (C=O) groups is 1. The lowest BCUT2D eigenvalue weighted by Gasteiger charge is -2.31. The van der Waals surface area contributed by atoms with Crippen molar-refractivity contribution in [1.29, 1.82) is 0 Å². The second-order valence-corrected chi connectivity index (χ2v) is 4.84. The highest BCUT2D eigenvalue weighted by Gasteiger charge is 2.33. The monoisotopic (exact) mass is 306 g/mol. The predicted octanol–water partition coefficient (Wildman–Crippen LogP) is 3.09. The molecule has 21 heavy (non-hydrogen) atoms. The minimum atomic E-state index is -4.64. The van der Waals surface area contributed by atoms with Crippen LogP contribution in [0, 0.1) is 5.82 Å². The molecule has 1 amide bonds. The van der Waals surface area contributed by atoms with Crippen LogP contribution < -0.4 is 11.1 Å². The number of rotatable bonds is 5. The smallest absolute Gasteiger partial charge is 0.345 e. The van der Waals surface area contributed by atoms with E-state index in [1.165, 1.54) is 0 Å². The number of alkyl halides is 3. The van der Waals surface area contributed by atoms with Crippen LogP contribution in [0.4, 0.5) is 17.6 Å². The maximum absolute atomic E-state index is 13.6. The highest BCUT2D eigenvalue weighted by Crippen LogP contribution is 2.30. The molecule has 0 saturated carbocycles. The topological polar surface area (TPSA) is 55.1 Å². The summed E-state index contributed by atoms with van der Waals surface area (Å²) in [5.41, 5.74) is 3.15. The van der Waals surface area contributed by atoms with E-state index in [9.17, 15) is 22.4 Å². The second kappa shape index (κ2) is 6.43. The maximum Gasteiger partial charge on any atom is 0.416 e. The average molecular weight is 306 g/mol. The van der Waals surface area contributed by atoms with Crippen molar-refractivity contribution in [2.24, 2.45) is 5.73 Å². The molecule has 3 nitrogen and oxygen atoms in total. The van der Waals surface area contributed by atoms with E-state index in [0.717, 1.165) is 0 Å². The number of nitrogens with two attached hydrogens (primary N) is 1. The molecule has 0 aromatic heterocycles. The Balaban J connectivity index is 3.13. The van der Waals surface area contributed by atoms with Gasteiger partial charge in [0.2, 0.25) is 0 Å². The molecular weight excluding hydrogens is 288 g/mol. The SMILES string of the molecule is CCC(CC)(CN)NC(=O)c1cc(C(F)(F)F)ccc1F. The van der Waals surface area contributed by atoms with Gasteiger partial charge in [-0.05, 0) is 31.0 Å². The molecule has 0 saturated heterocycles. The summed E-state index contributed by atoms with van der Waals surface area (Å²) in [7, 11) is 0. The van der Waals surface area contributed by atoms with E-state index in [-0.39, 0.29) is 6.54 Å². The number of halogens is 4. The normalized spacial score (nSPS) is 12.3. The molecule has 0 fully saturated rings. The van der Waals surface area contributed by atoms with Crippen molar-refractivity contribution in [3.63, 3.8) is 0 Å². The van der Waals surface area contributed by atoms with Gasteiger partial charge >= 0.3 is 6.18 Å². The van der Waals surface area contributed by atoms with Gasteiger partial charge in [0.1, 0.15) is 5.82 Å². The molecule has 0 spiro atoms. The summed E-state index contributed by atoms with van der Waals surface area (Å²) in [5.74, 6) is -1.90. The lowest BCUT2D eigenvalue weighted by Crippen LogP contribution is -2.53. The minimum absolute atomic E-state index is 0.117. The zero-order valence-electron chi connectivity index (χ0n) is 11.9. The van der Waals surface area contributed by atoms with Gasteiger partial charge in [-0.3, -0.25) is 4.79 Å². The van der Waals surface area contributed by atoms with Crippen LogP contribution in [0.3, 0.4) is 0 Å². The second-order valence-electron chi connectivity index (χ2n) is 4.84. The van der Waals surface area contributed by atoms with E-state index in [1.807, 2.05) is 0 Å². The van der Waals surface area contributed by atoms with Gasteiger partial charge in [-0.1, -0.05) is 13.8 Å². The van der Waals surface area contributed by atoms with Gasteiger partial charge in [0, 0.05) is 6.54 Å². The number of carbonyl (C=O) groups excluding carboxylic acids is 1. The standard InChI is InChI=1S/C14H18F4N2O/c1-3-13(4-2,8-19)20-12(21)10-7-9(14(16,17)18)5-6-11(10)15/h5-7H,3-4,8,19H2,1-2H3,(H,20,21). The van der Waals surface area contributed by atoms with Crippen LogP contribution in [-0.4, -0.2) is 18.0 Å². The Morgan fingerprint density at radius 1 is 1.24 bits per heavy atom. The molecule has 1 aromatic rings. The van der Waals surface area contributed by atoms with Crippen LogP contribution in [0.1, 0.15) is 42.6 Å². The zero-order chi connectivity index (χ0) is 16.3. The first-order valence-corrected chi connectivity index (χ1v) is 6.58. The summed E-state index contributed by atoms with van der Waals surface area (Å²) in [4.78, 5) is 12.1. The molecular formula is C14H18F4N2O. The first kappa shape index (κ1) is 17.4. The number of benzene rings is 1. The number of hydrogen-bond donors (Lipinski definition) is 2. The molecule has 1 aromatic carbocycles. The Bertz CT molecular complexity index is 502. The van der Waals surface area contributed by atoms with Crippen molar-refractivity contribution in [2.75, 3.05) is 6.54 Å². The highest BCUT2D eigenvalue weighted by molar-refractivity contribution is 5.95. The van der Waals surface area contributed by atoms with Crippen LogP contribution in [0.15, 0.2) is 18.2 Å². The maximum atomic E-state index is 13.6. The van der Waals surface area contributed by atoms with Crippen LogP contribution in [-0.2, 0) is 6.18 Å². The van der Waals surface area contributed by atoms with E-state index in [2.05, 4.69) is 5.32 Å². The zero-order valence-corrected chi connectivity index (χ0v) is 11.9. The third kappa shape index (κ3) is 3.93. The largest absolute Gasteiger partial charge is 0.416 e. The van der Waals surface area contributed by atoms with Gasteiger partial charge in [-0.2, -0.15) is 13.2 Å². The van der Waals surface area contributed by atoms with E-state index in [0.29, 0.717) is 31.0 Å². The van der Waals surface area contributed by atoms with Crippen LogP contribution >= 0.6 is 0 Å². The van der Waals surface area contributed by atoms with E-state index in [4.69, 9.17) is 5.73 Å². The minimum Gasteiger partial charge on any atom is -0.345 e. The Labute approximate surface area is 120 Å². The van der Waals surface area contributed by atoms with Crippen molar-refractivity contribution < 1.29 is 22.4 Å². The van der Waals surface area contributed by atoms with Gasteiger partial charge in [-0.25, -0.2) is 4.39 Å². The van der Waals surface area contributed by atoms with Crippen molar-refractivity contribution in [1.82, 2.24) is 5.32 Å². The quantitative estimate of drug-likeness (QED) is 0.821. The Hall–Kier alpha value is -1.63. The molecule has 7 heteroatoms. The van der Waals surface area contributed by atoms with Crippen LogP contribution in [0.25, 0.3) is 0 Å². The van der Waals surface area contributed by atoms with E-state index in [1.54, 1.807) is 13.8 Å². The summed E-state index contributed by atoms with van der Waals surface area (Å²) in [6, 6.07) is 1.75. The molecule has 1 rings (SSSR count). The molecule has 3 N–H and O–H groups in total. The molecule has 0 aliphatic heterocycles. The first-order valence-electron chi connectivity index (χ1n) is 6.58. The summed E-state index contributed by atoms with van der Waals surface area (Å²) in [5, 5.41) is 2.54. The Kier molecular flexibility index (Phi) is 5.33. The summed E-state index contributed by atoms with van der Waals surface area (Å²) < 4.78 is 51.5. The Morgan fingerprint density at radius 3 is 2.24 bits per heavy atom. The Morgan fingerprint density at radius 2 is 1.81 bits per heavy atom. The molecule has 0 bridgehead atoms. The third-order valence-corrected chi connectivity index (χ3v) is 3.66. The van der Waals surface area contributed by atoms with Gasteiger partial charge in [-0.15, -0.1) is 0 Å². The highest BCUT2D eigenvalue weighted by atomic mass is 19.4. The van der Waals surface area contributed by atoms with E-state index >= 15 is 0 Å². The van der Waals surface area contributed by atoms with Crippen LogP contribution in [0.5, 0.6) is 0 Å². The number of nitrogens with one attached hydrogen (secondary N) is 1. The summed E-state index contributed by atoms with van der Waals surface area (Å²) >= 11 is 0. The predicted molar refractivity (Wildman–Crippen MR) is 71.2 cm³/mol. The lowest BCUT2D eigenvalue weighted by molar-refractivity contribution is -0.137. The van der Waals surface area contributed by atoms with E-state index < -0.39 is 34.6 Å². The fraction of sp³-hybridized carbons (Fsp3) is 0.500. The molecule has 0 unspecified atom stereocenters. The van der Waals surface area contributed by atoms with Gasteiger partial charge in [0.15, 0.2) is 0 Å². The van der Waals surface area contributed by atoms with Crippen LogP contribution in [0.2, 0.25) is 0 Å². The number of amides is 1. The average Bonchev–Trinajstić information content (AvgIpc) is 2.44. The van der Waals surface area contributed by atoms with Gasteiger partial charge in [0.05, 0.1) is 16.7 Å². The summed E-state index contributed by atoms with van der Waals surface area (Å²) in [6.45, 7) is 3.70. The third-order valence-electron chi connectivity index (χ3n) is 3.66. The number of hydrogen-bond acceptors (Lipinski definition) is 2. The molecule has 0 aliphatic rings. The van der Waals surface area contributed by atoms with Gasteiger partial charge < -0.3 is 11.1 Å². The molecule has 118 valence electrons. The summed E-state index contributed by atoms with van der Waals surface area (Å²) in [6.07, 6.45) is -3.65. The molecule has 0 atom stereocenters. The lowest BCUT2D eigenvalue weighted by atomic mass is 9.92. The van der Waals surface area contributed by atoms with Crippen molar-refractivity contribution in [3.8, 4) is 0 Å². The van der Waals surface area contributed by atoms with Crippen molar-refractivity contribution in [3.05, 3.63) is 35.1 Å². The van der Waals surface area contributed by atoms with Crippen molar-refractivity contribution in [2.45, 2.75) is 38.4 Å². The fourth-order valence-electron chi connectivity index (χ4n) is 1.95.